The lowest BCUT2D eigenvalue weighted by Gasteiger charge is -2.13. The fourth-order valence-electron chi connectivity index (χ4n) is 3.12. The van der Waals surface area contributed by atoms with Gasteiger partial charge in [-0.2, -0.15) is 0 Å². The monoisotopic (exact) mass is 279 g/mol. The van der Waals surface area contributed by atoms with Crippen LogP contribution in [-0.2, 0) is 13.2 Å². The third kappa shape index (κ3) is 2.59. The van der Waals surface area contributed by atoms with Gasteiger partial charge in [0.1, 0.15) is 0 Å². The molecule has 2 nitrogen and oxygen atoms in total. The molecule has 2 heteroatoms. The average Bonchev–Trinajstić information content (AvgIpc) is 2.84. The first-order valence-electron chi connectivity index (χ1n) is 7.34. The van der Waals surface area contributed by atoms with Gasteiger partial charge in [-0.1, -0.05) is 23.8 Å². The highest BCUT2D eigenvalue weighted by Crippen LogP contribution is 2.22. The van der Waals surface area contributed by atoms with Crippen molar-refractivity contribution >= 4 is 10.9 Å². The maximum Gasteiger partial charge on any atom is 0.0682 e. The molecule has 0 unspecified atom stereocenters. The molecule has 21 heavy (non-hydrogen) atoms. The highest BCUT2D eigenvalue weighted by molar-refractivity contribution is 5.81. The first kappa shape index (κ1) is 13.9. The normalized spacial score (nSPS) is 11.2. The second-order valence-electron chi connectivity index (χ2n) is 5.87. The first-order chi connectivity index (χ1) is 10.1. The Morgan fingerprint density at radius 3 is 2.33 bits per heavy atom. The van der Waals surface area contributed by atoms with Crippen LogP contribution in [0.15, 0.2) is 42.6 Å². The number of aromatic nitrogens is 1. The predicted octanol–water partition coefficient (Wildman–Crippen LogP) is 4.11. The van der Waals surface area contributed by atoms with Gasteiger partial charge in [-0.15, -0.1) is 0 Å². The number of aliphatic hydroxyl groups is 1. The maximum absolute atomic E-state index is 9.23. The molecule has 0 aliphatic heterocycles. The van der Waals surface area contributed by atoms with Gasteiger partial charge < -0.3 is 9.67 Å². The summed E-state index contributed by atoms with van der Waals surface area (Å²) in [5, 5.41) is 10.4. The van der Waals surface area contributed by atoms with Crippen molar-refractivity contribution in [3.8, 4) is 0 Å². The summed E-state index contributed by atoms with van der Waals surface area (Å²) in [5.41, 5.74) is 7.58. The number of aliphatic hydroxyl groups excluding tert-OH is 1. The van der Waals surface area contributed by atoms with Crippen molar-refractivity contribution in [2.75, 3.05) is 0 Å². The van der Waals surface area contributed by atoms with Gasteiger partial charge in [-0.3, -0.25) is 0 Å². The van der Waals surface area contributed by atoms with E-state index < -0.39 is 0 Å². The van der Waals surface area contributed by atoms with Crippen LogP contribution in [-0.4, -0.2) is 9.67 Å². The van der Waals surface area contributed by atoms with Gasteiger partial charge in [0, 0.05) is 18.3 Å². The Kier molecular flexibility index (Phi) is 3.56. The highest BCUT2D eigenvalue weighted by atomic mass is 16.3. The minimum Gasteiger partial charge on any atom is -0.392 e. The molecule has 1 aromatic heterocycles. The quantitative estimate of drug-likeness (QED) is 0.767. The van der Waals surface area contributed by atoms with Crippen molar-refractivity contribution in [1.29, 1.82) is 0 Å². The molecule has 0 radical (unpaired) electrons. The zero-order chi connectivity index (χ0) is 15.0. The van der Waals surface area contributed by atoms with E-state index in [0.717, 1.165) is 12.1 Å². The van der Waals surface area contributed by atoms with Crippen LogP contribution in [0.1, 0.15) is 27.8 Å². The number of aryl methyl sites for hydroxylation is 3. The van der Waals surface area contributed by atoms with Crippen LogP contribution in [0.4, 0.5) is 0 Å². The summed E-state index contributed by atoms with van der Waals surface area (Å²) in [6, 6.07) is 12.8. The van der Waals surface area contributed by atoms with Gasteiger partial charge in [-0.25, -0.2) is 0 Å². The van der Waals surface area contributed by atoms with E-state index >= 15 is 0 Å². The van der Waals surface area contributed by atoms with E-state index in [1.165, 1.54) is 33.2 Å². The zero-order valence-electron chi connectivity index (χ0n) is 12.9. The molecular weight excluding hydrogens is 258 g/mol. The number of rotatable bonds is 3. The van der Waals surface area contributed by atoms with Crippen molar-refractivity contribution in [2.24, 2.45) is 0 Å². The largest absolute Gasteiger partial charge is 0.392 e. The topological polar surface area (TPSA) is 25.2 Å². The lowest BCUT2D eigenvalue weighted by molar-refractivity contribution is 0.282. The van der Waals surface area contributed by atoms with Crippen LogP contribution >= 0.6 is 0 Å². The molecule has 0 atom stereocenters. The van der Waals surface area contributed by atoms with E-state index in [0.29, 0.717) is 0 Å². The second kappa shape index (κ2) is 5.38. The predicted molar refractivity (Wildman–Crippen MR) is 87.6 cm³/mol. The fourth-order valence-corrected chi connectivity index (χ4v) is 3.12. The van der Waals surface area contributed by atoms with Crippen molar-refractivity contribution in [1.82, 2.24) is 4.57 Å². The Bertz CT molecular complexity index is 775. The molecule has 2 aromatic carbocycles. The lowest BCUT2D eigenvalue weighted by Crippen LogP contribution is -2.03. The average molecular weight is 279 g/mol. The van der Waals surface area contributed by atoms with Crippen molar-refractivity contribution in [2.45, 2.75) is 33.9 Å². The summed E-state index contributed by atoms with van der Waals surface area (Å²) in [5.74, 6) is 0. The van der Waals surface area contributed by atoms with Gasteiger partial charge in [0.15, 0.2) is 0 Å². The highest BCUT2D eigenvalue weighted by Gasteiger charge is 2.07. The maximum atomic E-state index is 9.23. The first-order valence-corrected chi connectivity index (χ1v) is 7.34. The number of hydrogen-bond donors (Lipinski definition) is 1. The molecule has 1 heterocycles. The van der Waals surface area contributed by atoms with Crippen molar-refractivity contribution < 1.29 is 5.11 Å². The van der Waals surface area contributed by atoms with E-state index in [-0.39, 0.29) is 6.61 Å². The Labute approximate surface area is 125 Å². The van der Waals surface area contributed by atoms with Crippen LogP contribution in [0.3, 0.4) is 0 Å². The molecule has 0 amide bonds. The van der Waals surface area contributed by atoms with Crippen LogP contribution in [0.5, 0.6) is 0 Å². The van der Waals surface area contributed by atoms with E-state index in [2.05, 4.69) is 61.9 Å². The lowest BCUT2D eigenvalue weighted by atomic mass is 10.00. The Morgan fingerprint density at radius 1 is 0.952 bits per heavy atom. The van der Waals surface area contributed by atoms with Crippen molar-refractivity contribution in [3.63, 3.8) is 0 Å². The molecule has 1 N–H and O–H groups in total. The number of fused-ring (bicyclic) bond motifs is 1. The van der Waals surface area contributed by atoms with Gasteiger partial charge in [0.25, 0.3) is 0 Å². The number of nitrogens with zero attached hydrogens (tertiary/aromatic N) is 1. The van der Waals surface area contributed by atoms with Gasteiger partial charge in [0.2, 0.25) is 0 Å². The van der Waals surface area contributed by atoms with Gasteiger partial charge >= 0.3 is 0 Å². The summed E-state index contributed by atoms with van der Waals surface area (Å²) < 4.78 is 2.28. The smallest absolute Gasteiger partial charge is 0.0682 e. The molecule has 0 saturated heterocycles. The van der Waals surface area contributed by atoms with Crippen LogP contribution in [0.25, 0.3) is 10.9 Å². The summed E-state index contributed by atoms with van der Waals surface area (Å²) in [6.07, 6.45) is 2.13. The number of benzene rings is 2. The summed E-state index contributed by atoms with van der Waals surface area (Å²) >= 11 is 0. The molecular formula is C19H21NO. The molecule has 0 fully saturated rings. The minimum absolute atomic E-state index is 0.0945. The molecule has 108 valence electrons. The standard InChI is InChI=1S/C19H21NO/c1-13-8-14(2)18(15(3)9-13)11-20-7-6-17-10-16(12-21)4-5-19(17)20/h4-10,21H,11-12H2,1-3H3. The fraction of sp³-hybridized carbons (Fsp3) is 0.263. The van der Waals surface area contributed by atoms with Gasteiger partial charge in [0.05, 0.1) is 6.61 Å². The van der Waals surface area contributed by atoms with E-state index in [4.69, 9.17) is 0 Å². The molecule has 0 aliphatic carbocycles. The SMILES string of the molecule is Cc1cc(C)c(Cn2ccc3cc(CO)ccc32)c(C)c1. The van der Waals surface area contributed by atoms with Crippen LogP contribution in [0.2, 0.25) is 0 Å². The van der Waals surface area contributed by atoms with Crippen LogP contribution in [0, 0.1) is 20.8 Å². The summed E-state index contributed by atoms with van der Waals surface area (Å²) in [4.78, 5) is 0. The third-order valence-corrected chi connectivity index (χ3v) is 4.19. The molecule has 3 aromatic rings. The van der Waals surface area contributed by atoms with Gasteiger partial charge in [-0.05, 0) is 66.6 Å². The summed E-state index contributed by atoms with van der Waals surface area (Å²) in [7, 11) is 0. The van der Waals surface area contributed by atoms with E-state index in [1.807, 2.05) is 6.07 Å². The summed E-state index contributed by atoms with van der Waals surface area (Å²) in [6.45, 7) is 7.50. The molecule has 0 aliphatic rings. The zero-order valence-corrected chi connectivity index (χ0v) is 12.9. The second-order valence-corrected chi connectivity index (χ2v) is 5.87. The number of hydrogen-bond acceptors (Lipinski definition) is 1. The Hall–Kier alpha value is -2.06. The third-order valence-electron chi connectivity index (χ3n) is 4.19. The van der Waals surface area contributed by atoms with Crippen LogP contribution < -0.4 is 0 Å². The Morgan fingerprint density at radius 2 is 1.67 bits per heavy atom. The minimum atomic E-state index is 0.0945. The Balaban J connectivity index is 2.03. The molecule has 0 saturated carbocycles. The van der Waals surface area contributed by atoms with Crippen molar-refractivity contribution in [3.05, 3.63) is 70.4 Å². The molecule has 0 spiro atoms. The van der Waals surface area contributed by atoms with E-state index in [1.54, 1.807) is 0 Å². The molecule has 3 rings (SSSR count). The molecule has 0 bridgehead atoms. The van der Waals surface area contributed by atoms with E-state index in [9.17, 15) is 5.11 Å².